The Kier molecular flexibility index (Phi) is 5.16. The summed E-state index contributed by atoms with van der Waals surface area (Å²) in [6, 6.07) is 0. The highest BCUT2D eigenvalue weighted by Crippen LogP contribution is 2.43. The Balaban J connectivity index is 1.74. The summed E-state index contributed by atoms with van der Waals surface area (Å²) in [6.07, 6.45) is 6.73. The maximum atomic E-state index is 5.20. The predicted molar refractivity (Wildman–Crippen MR) is 124 cm³/mol. The minimum Gasteiger partial charge on any atom is -0.344 e. The molecule has 0 saturated carbocycles. The fourth-order valence-electron chi connectivity index (χ4n) is 4.77. The van der Waals surface area contributed by atoms with Crippen LogP contribution in [0.1, 0.15) is 37.1 Å². The van der Waals surface area contributed by atoms with E-state index in [9.17, 15) is 0 Å². The van der Waals surface area contributed by atoms with Gasteiger partial charge in [-0.05, 0) is 49.0 Å². The van der Waals surface area contributed by atoms with Crippen molar-refractivity contribution in [3.8, 4) is 0 Å². The molecule has 29 heavy (non-hydrogen) atoms. The average molecular weight is 429 g/mol. The van der Waals surface area contributed by atoms with E-state index in [2.05, 4.69) is 32.1 Å². The molecular formula is C22H30N5S2+. The monoisotopic (exact) mass is 428 g/mol. The molecule has 0 spiro atoms. The Hall–Kier alpha value is -1.44. The number of thiophene rings is 1. The first kappa shape index (κ1) is 19.5. The van der Waals surface area contributed by atoms with Crippen molar-refractivity contribution < 1.29 is 4.90 Å². The minimum absolute atomic E-state index is 0.630. The van der Waals surface area contributed by atoms with Crippen molar-refractivity contribution in [1.82, 2.24) is 15.0 Å². The van der Waals surface area contributed by atoms with Crippen LogP contribution in [0, 0.1) is 5.92 Å². The topological polar surface area (TPSA) is 46.4 Å². The van der Waals surface area contributed by atoms with Gasteiger partial charge in [0.1, 0.15) is 4.83 Å². The van der Waals surface area contributed by atoms with Gasteiger partial charge >= 0.3 is 0 Å². The van der Waals surface area contributed by atoms with E-state index >= 15 is 0 Å². The number of fused-ring (bicyclic) bond motifs is 5. The summed E-state index contributed by atoms with van der Waals surface area (Å²) in [5, 5.41) is 2.21. The summed E-state index contributed by atoms with van der Waals surface area (Å²) in [5.41, 5.74) is 5.51. The lowest BCUT2D eigenvalue weighted by atomic mass is 9.99. The van der Waals surface area contributed by atoms with Gasteiger partial charge in [-0.2, -0.15) is 0 Å². The van der Waals surface area contributed by atoms with E-state index in [0.717, 1.165) is 55.5 Å². The van der Waals surface area contributed by atoms with Crippen LogP contribution in [0.3, 0.4) is 0 Å². The largest absolute Gasteiger partial charge is 0.344 e. The van der Waals surface area contributed by atoms with E-state index < -0.39 is 0 Å². The quantitative estimate of drug-likeness (QED) is 0.511. The van der Waals surface area contributed by atoms with Crippen LogP contribution < -0.4 is 9.80 Å². The Morgan fingerprint density at radius 3 is 2.59 bits per heavy atom. The normalized spacial score (nSPS) is 17.8. The maximum absolute atomic E-state index is 5.20. The lowest BCUT2D eigenvalue weighted by Gasteiger charge is -2.31. The van der Waals surface area contributed by atoms with Crippen LogP contribution in [0.2, 0.25) is 0 Å². The van der Waals surface area contributed by atoms with Gasteiger partial charge < -0.3 is 9.80 Å². The molecule has 7 heteroatoms. The highest BCUT2D eigenvalue weighted by atomic mass is 32.2. The second kappa shape index (κ2) is 7.67. The summed E-state index contributed by atoms with van der Waals surface area (Å²) in [6.45, 7) is 9.03. The summed E-state index contributed by atoms with van der Waals surface area (Å²) < 4.78 is 1.24. The molecule has 0 aromatic carbocycles. The van der Waals surface area contributed by atoms with Gasteiger partial charge in [-0.25, -0.2) is 15.0 Å². The van der Waals surface area contributed by atoms with Crippen LogP contribution in [-0.4, -0.2) is 54.4 Å². The number of thioether (sulfide) groups is 1. The molecule has 0 bridgehead atoms. The first-order valence-corrected chi connectivity index (χ1v) is 12.8. The SMILES string of the molecule is CSc1nc(N2CC[NH+](C)CC2)c2sc3nc(CC(C)C)c4c(c3c2n1)CCC4. The van der Waals surface area contributed by atoms with Crippen LogP contribution in [0.25, 0.3) is 20.4 Å². The number of quaternary nitrogens is 1. The molecule has 1 N–H and O–H groups in total. The molecule has 0 radical (unpaired) electrons. The fraction of sp³-hybridized carbons (Fsp3) is 0.591. The minimum atomic E-state index is 0.630. The van der Waals surface area contributed by atoms with Crippen molar-refractivity contribution in [2.45, 2.75) is 44.7 Å². The van der Waals surface area contributed by atoms with Crippen molar-refractivity contribution in [2.24, 2.45) is 5.92 Å². The molecule has 5 rings (SSSR count). The first-order chi connectivity index (χ1) is 14.0. The Morgan fingerprint density at radius 1 is 1.10 bits per heavy atom. The molecule has 0 unspecified atom stereocenters. The van der Waals surface area contributed by atoms with Crippen LogP contribution in [0.4, 0.5) is 5.82 Å². The van der Waals surface area contributed by atoms with Crippen molar-refractivity contribution in [1.29, 1.82) is 0 Å². The van der Waals surface area contributed by atoms with E-state index in [4.69, 9.17) is 15.0 Å². The van der Waals surface area contributed by atoms with Gasteiger partial charge in [0.05, 0.1) is 43.4 Å². The third-order valence-electron chi connectivity index (χ3n) is 6.28. The third-order valence-corrected chi connectivity index (χ3v) is 7.90. The van der Waals surface area contributed by atoms with Crippen LogP contribution in [0.15, 0.2) is 5.16 Å². The molecule has 1 fully saturated rings. The van der Waals surface area contributed by atoms with E-state index in [0.29, 0.717) is 5.92 Å². The standard InChI is InChI=1S/C22H29N5S2/c1-13(2)12-16-14-6-5-7-15(14)17-18-19(29-21(17)23-16)20(25-22(24-18)28-4)27-10-8-26(3)9-11-27/h13H,5-12H2,1-4H3/p+1. The highest BCUT2D eigenvalue weighted by Gasteiger charge is 2.27. The maximum Gasteiger partial charge on any atom is 0.189 e. The number of nitrogens with zero attached hydrogens (tertiary/aromatic N) is 4. The third kappa shape index (κ3) is 3.41. The molecule has 0 atom stereocenters. The highest BCUT2D eigenvalue weighted by molar-refractivity contribution is 7.98. The molecular weight excluding hydrogens is 398 g/mol. The molecule has 5 nitrogen and oxygen atoms in total. The fourth-order valence-corrected chi connectivity index (χ4v) is 6.31. The second-order valence-electron chi connectivity index (χ2n) is 8.91. The molecule has 2 aliphatic rings. The number of hydrogen-bond donors (Lipinski definition) is 1. The van der Waals surface area contributed by atoms with Crippen molar-refractivity contribution in [3.05, 3.63) is 16.8 Å². The zero-order valence-electron chi connectivity index (χ0n) is 17.8. The molecule has 1 aliphatic heterocycles. The Labute approximate surface area is 180 Å². The van der Waals surface area contributed by atoms with Crippen molar-refractivity contribution in [3.63, 3.8) is 0 Å². The molecule has 1 saturated heterocycles. The number of aromatic nitrogens is 3. The van der Waals surface area contributed by atoms with Crippen LogP contribution >= 0.6 is 23.1 Å². The molecule has 4 heterocycles. The smallest absolute Gasteiger partial charge is 0.189 e. The number of hydrogen-bond acceptors (Lipinski definition) is 6. The van der Waals surface area contributed by atoms with E-state index in [1.165, 1.54) is 44.6 Å². The van der Waals surface area contributed by atoms with Crippen LogP contribution in [-0.2, 0) is 19.3 Å². The second-order valence-corrected chi connectivity index (χ2v) is 10.7. The molecule has 3 aromatic heterocycles. The summed E-state index contributed by atoms with van der Waals surface area (Å²) in [4.78, 5) is 20.4. The molecule has 0 amide bonds. The average Bonchev–Trinajstić information content (AvgIpc) is 3.31. The lowest BCUT2D eigenvalue weighted by molar-refractivity contribution is -0.880. The van der Waals surface area contributed by atoms with Gasteiger partial charge in [0, 0.05) is 11.1 Å². The number of aryl methyl sites for hydroxylation is 1. The van der Waals surface area contributed by atoms with Gasteiger partial charge in [-0.15, -0.1) is 11.3 Å². The number of nitrogens with one attached hydrogen (secondary N) is 1. The van der Waals surface area contributed by atoms with Crippen molar-refractivity contribution >= 4 is 49.3 Å². The number of anilines is 1. The Bertz CT molecular complexity index is 1070. The van der Waals surface area contributed by atoms with Gasteiger partial charge in [0.2, 0.25) is 0 Å². The number of likely N-dealkylation sites (N-methyl/N-ethyl adjacent to an activating group) is 1. The number of pyridine rings is 1. The van der Waals surface area contributed by atoms with E-state index in [-0.39, 0.29) is 0 Å². The molecule has 1 aliphatic carbocycles. The van der Waals surface area contributed by atoms with Gasteiger partial charge in [-0.1, -0.05) is 25.6 Å². The zero-order chi connectivity index (χ0) is 20.1. The summed E-state index contributed by atoms with van der Waals surface area (Å²) in [7, 11) is 2.28. The summed E-state index contributed by atoms with van der Waals surface area (Å²) >= 11 is 3.46. The van der Waals surface area contributed by atoms with Gasteiger partial charge in [0.15, 0.2) is 11.0 Å². The lowest BCUT2D eigenvalue weighted by Crippen LogP contribution is -3.12. The molecule has 154 valence electrons. The zero-order valence-corrected chi connectivity index (χ0v) is 19.5. The Morgan fingerprint density at radius 2 is 1.86 bits per heavy atom. The number of rotatable bonds is 4. The van der Waals surface area contributed by atoms with Crippen LogP contribution in [0.5, 0.6) is 0 Å². The summed E-state index contributed by atoms with van der Waals surface area (Å²) in [5.74, 6) is 1.76. The van der Waals surface area contributed by atoms with E-state index in [1.807, 2.05) is 11.3 Å². The van der Waals surface area contributed by atoms with Gasteiger partial charge in [0.25, 0.3) is 0 Å². The number of piperazine rings is 1. The van der Waals surface area contributed by atoms with Crippen molar-refractivity contribution in [2.75, 3.05) is 44.4 Å². The molecule has 3 aromatic rings. The van der Waals surface area contributed by atoms with Gasteiger partial charge in [-0.3, -0.25) is 0 Å². The first-order valence-electron chi connectivity index (χ1n) is 10.8. The predicted octanol–water partition coefficient (Wildman–Crippen LogP) is 2.98. The van der Waals surface area contributed by atoms with E-state index in [1.54, 1.807) is 16.7 Å².